The van der Waals surface area contributed by atoms with E-state index in [9.17, 15) is 14.5 Å². The van der Waals surface area contributed by atoms with Crippen molar-refractivity contribution in [3.63, 3.8) is 0 Å². The van der Waals surface area contributed by atoms with E-state index in [-0.39, 0.29) is 11.5 Å². The molecule has 0 bridgehead atoms. The third-order valence-electron chi connectivity index (χ3n) is 2.87. The number of halogens is 2. The lowest BCUT2D eigenvalue weighted by atomic mass is 10.2. The Balaban J connectivity index is 2.24. The number of rotatable bonds is 5. The summed E-state index contributed by atoms with van der Waals surface area (Å²) in [4.78, 5) is 10.3. The molecule has 21 heavy (non-hydrogen) atoms. The van der Waals surface area contributed by atoms with Crippen LogP contribution in [0.2, 0.25) is 0 Å². The number of methoxy groups -OCH3 is 1. The summed E-state index contributed by atoms with van der Waals surface area (Å²) in [6, 6.07) is 8.61. The van der Waals surface area contributed by atoms with Crippen LogP contribution in [0.3, 0.4) is 0 Å². The number of nitrogens with one attached hydrogen (secondary N) is 1. The molecule has 0 heterocycles. The maximum absolute atomic E-state index is 13.2. The van der Waals surface area contributed by atoms with E-state index in [0.29, 0.717) is 23.5 Å². The largest absolute Gasteiger partial charge is 0.495 e. The molecule has 0 amide bonds. The Labute approximate surface area is 129 Å². The van der Waals surface area contributed by atoms with Crippen molar-refractivity contribution in [1.82, 2.24) is 0 Å². The van der Waals surface area contributed by atoms with Crippen LogP contribution in [0.5, 0.6) is 5.75 Å². The summed E-state index contributed by atoms with van der Waals surface area (Å²) in [5.41, 5.74) is 1.13. The highest BCUT2D eigenvalue weighted by molar-refractivity contribution is 9.10. The van der Waals surface area contributed by atoms with Crippen molar-refractivity contribution in [2.75, 3.05) is 12.4 Å². The molecule has 0 spiro atoms. The third kappa shape index (κ3) is 3.69. The maximum atomic E-state index is 13.2. The maximum Gasteiger partial charge on any atom is 0.271 e. The fourth-order valence-electron chi connectivity index (χ4n) is 1.82. The van der Waals surface area contributed by atoms with Gasteiger partial charge in [0.2, 0.25) is 0 Å². The van der Waals surface area contributed by atoms with E-state index >= 15 is 0 Å². The number of anilines is 1. The molecule has 0 aliphatic carbocycles. The zero-order valence-corrected chi connectivity index (χ0v) is 12.7. The molecule has 0 aromatic heterocycles. The molecule has 2 rings (SSSR count). The lowest BCUT2D eigenvalue weighted by molar-refractivity contribution is -0.384. The van der Waals surface area contributed by atoms with Gasteiger partial charge in [-0.15, -0.1) is 0 Å². The molecule has 2 aromatic carbocycles. The van der Waals surface area contributed by atoms with Gasteiger partial charge in [-0.05, 0) is 29.8 Å². The minimum Gasteiger partial charge on any atom is -0.495 e. The van der Waals surface area contributed by atoms with Crippen LogP contribution >= 0.6 is 15.9 Å². The summed E-state index contributed by atoms with van der Waals surface area (Å²) < 4.78 is 19.1. The van der Waals surface area contributed by atoms with Crippen LogP contribution in [0.15, 0.2) is 40.9 Å². The monoisotopic (exact) mass is 354 g/mol. The van der Waals surface area contributed by atoms with Crippen LogP contribution in [0.25, 0.3) is 0 Å². The van der Waals surface area contributed by atoms with Crippen molar-refractivity contribution in [3.8, 4) is 5.75 Å². The molecule has 5 nitrogen and oxygen atoms in total. The first-order chi connectivity index (χ1) is 10.0. The van der Waals surface area contributed by atoms with E-state index in [0.717, 1.165) is 4.47 Å². The van der Waals surface area contributed by atoms with Crippen LogP contribution in [0, 0.1) is 15.9 Å². The number of benzene rings is 2. The summed E-state index contributed by atoms with van der Waals surface area (Å²) in [7, 11) is 1.48. The van der Waals surface area contributed by atoms with Crippen LogP contribution in [-0.4, -0.2) is 12.0 Å². The molecule has 0 saturated heterocycles. The molecule has 0 saturated carbocycles. The molecular formula is C14H12BrFN2O3. The normalized spacial score (nSPS) is 10.2. The first kappa shape index (κ1) is 15.2. The number of nitrogens with zero attached hydrogens (tertiary/aromatic N) is 1. The average molecular weight is 355 g/mol. The number of ether oxygens (including phenoxy) is 1. The van der Waals surface area contributed by atoms with E-state index in [4.69, 9.17) is 4.74 Å². The fourth-order valence-corrected chi connectivity index (χ4v) is 2.20. The summed E-state index contributed by atoms with van der Waals surface area (Å²) >= 11 is 3.33. The third-order valence-corrected chi connectivity index (χ3v) is 3.64. The molecule has 0 radical (unpaired) electrons. The second-order valence-electron chi connectivity index (χ2n) is 4.23. The number of nitro benzene ring substituents is 1. The predicted octanol–water partition coefficient (Wildman–Crippen LogP) is 4.12. The van der Waals surface area contributed by atoms with Gasteiger partial charge in [0.15, 0.2) is 0 Å². The van der Waals surface area contributed by atoms with Gasteiger partial charge in [0.25, 0.3) is 5.69 Å². The van der Waals surface area contributed by atoms with Gasteiger partial charge < -0.3 is 10.1 Å². The Hall–Kier alpha value is -2.15. The van der Waals surface area contributed by atoms with Crippen molar-refractivity contribution >= 4 is 27.3 Å². The van der Waals surface area contributed by atoms with E-state index in [1.165, 1.54) is 37.4 Å². The number of hydrogen-bond donors (Lipinski definition) is 1. The van der Waals surface area contributed by atoms with Crippen LogP contribution < -0.4 is 10.1 Å². The molecule has 0 aliphatic heterocycles. The van der Waals surface area contributed by atoms with E-state index < -0.39 is 4.92 Å². The summed E-state index contributed by atoms with van der Waals surface area (Å²) in [6.45, 7) is 0.301. The average Bonchev–Trinajstić information content (AvgIpc) is 2.47. The van der Waals surface area contributed by atoms with Crippen molar-refractivity contribution < 1.29 is 14.1 Å². The van der Waals surface area contributed by atoms with Crippen LogP contribution in [0.1, 0.15) is 5.56 Å². The first-order valence-electron chi connectivity index (χ1n) is 6.01. The lowest BCUT2D eigenvalue weighted by Gasteiger charge is -2.12. The van der Waals surface area contributed by atoms with Gasteiger partial charge in [0.05, 0.1) is 17.7 Å². The summed E-state index contributed by atoms with van der Waals surface area (Å²) in [6.07, 6.45) is 0. The molecule has 110 valence electrons. The van der Waals surface area contributed by atoms with Crippen molar-refractivity contribution in [2.24, 2.45) is 0 Å². The predicted molar refractivity (Wildman–Crippen MR) is 81.1 cm³/mol. The van der Waals surface area contributed by atoms with Gasteiger partial charge in [-0.2, -0.15) is 0 Å². The highest BCUT2D eigenvalue weighted by Gasteiger charge is 2.11. The fraction of sp³-hybridized carbons (Fsp3) is 0.143. The number of non-ortho nitro benzene ring substituents is 1. The minimum atomic E-state index is -0.483. The van der Waals surface area contributed by atoms with Crippen LogP contribution in [-0.2, 0) is 6.54 Å². The zero-order valence-electron chi connectivity index (χ0n) is 11.1. The Morgan fingerprint density at radius 3 is 2.76 bits per heavy atom. The van der Waals surface area contributed by atoms with Gasteiger partial charge in [-0.25, -0.2) is 4.39 Å². The Morgan fingerprint density at radius 1 is 1.33 bits per heavy atom. The second kappa shape index (κ2) is 6.53. The molecule has 0 aliphatic rings. The lowest BCUT2D eigenvalue weighted by Crippen LogP contribution is -2.03. The van der Waals surface area contributed by atoms with Gasteiger partial charge in [0.1, 0.15) is 11.6 Å². The van der Waals surface area contributed by atoms with Gasteiger partial charge in [0, 0.05) is 23.2 Å². The highest BCUT2D eigenvalue weighted by atomic mass is 79.9. The van der Waals surface area contributed by atoms with Crippen molar-refractivity contribution in [3.05, 3.63) is 62.4 Å². The van der Waals surface area contributed by atoms with Gasteiger partial charge in [-0.3, -0.25) is 10.1 Å². The molecule has 0 unspecified atom stereocenters. The molecule has 1 N–H and O–H groups in total. The smallest absolute Gasteiger partial charge is 0.271 e. The Morgan fingerprint density at radius 2 is 2.10 bits per heavy atom. The van der Waals surface area contributed by atoms with E-state index in [2.05, 4.69) is 21.2 Å². The van der Waals surface area contributed by atoms with E-state index in [1.807, 2.05) is 0 Å². The molecule has 7 heteroatoms. The molecule has 2 aromatic rings. The zero-order chi connectivity index (χ0) is 15.4. The molecular weight excluding hydrogens is 343 g/mol. The topological polar surface area (TPSA) is 64.4 Å². The second-order valence-corrected chi connectivity index (χ2v) is 5.09. The van der Waals surface area contributed by atoms with Crippen LogP contribution in [0.4, 0.5) is 15.8 Å². The molecule has 0 atom stereocenters. The first-order valence-corrected chi connectivity index (χ1v) is 6.81. The Bertz CT molecular complexity index is 679. The Kier molecular flexibility index (Phi) is 4.74. The van der Waals surface area contributed by atoms with E-state index in [1.54, 1.807) is 6.07 Å². The SMILES string of the molecule is COc1ccc([N+](=O)[O-])cc1NCc1cc(F)ccc1Br. The number of nitro groups is 1. The summed E-state index contributed by atoms with van der Waals surface area (Å²) in [5, 5.41) is 13.8. The van der Waals surface area contributed by atoms with Crippen molar-refractivity contribution in [2.45, 2.75) is 6.54 Å². The summed E-state index contributed by atoms with van der Waals surface area (Å²) in [5.74, 6) is 0.133. The van der Waals surface area contributed by atoms with Gasteiger partial charge in [-0.1, -0.05) is 15.9 Å². The van der Waals surface area contributed by atoms with Gasteiger partial charge >= 0.3 is 0 Å². The van der Waals surface area contributed by atoms with Crippen molar-refractivity contribution in [1.29, 1.82) is 0 Å². The highest BCUT2D eigenvalue weighted by Crippen LogP contribution is 2.30. The molecule has 0 fully saturated rings. The minimum absolute atomic E-state index is 0.0448. The quantitative estimate of drug-likeness (QED) is 0.647. The number of hydrogen-bond acceptors (Lipinski definition) is 4. The standard InChI is InChI=1S/C14H12BrFN2O3/c1-21-14-5-3-11(18(19)20)7-13(14)17-8-9-6-10(16)2-4-12(9)15/h2-7,17H,8H2,1H3.